The van der Waals surface area contributed by atoms with E-state index in [-0.39, 0.29) is 5.11 Å². The van der Waals surface area contributed by atoms with Gasteiger partial charge in [0.25, 0.3) is 0 Å². The highest BCUT2D eigenvalue weighted by molar-refractivity contribution is 7.80. The van der Waals surface area contributed by atoms with Crippen LogP contribution < -0.4 is 16.4 Å². The van der Waals surface area contributed by atoms with Gasteiger partial charge < -0.3 is 11.1 Å². The maximum absolute atomic E-state index is 11.1. The van der Waals surface area contributed by atoms with E-state index in [4.69, 9.17) is 5.73 Å². The maximum atomic E-state index is 11.1. The van der Waals surface area contributed by atoms with E-state index < -0.39 is 6.03 Å². The molecule has 0 aromatic heterocycles. The molecule has 14 heavy (non-hydrogen) atoms. The Hall–Kier alpha value is -1.62. The first-order chi connectivity index (χ1) is 6.58. The van der Waals surface area contributed by atoms with Crippen LogP contribution in [0.1, 0.15) is 5.56 Å². The molecule has 0 aliphatic rings. The lowest BCUT2D eigenvalue weighted by Gasteiger charge is -2.06. The Balaban J connectivity index is 2.60. The second-order valence-corrected chi connectivity index (χ2v) is 3.25. The van der Waals surface area contributed by atoms with Crippen LogP contribution in [0.5, 0.6) is 0 Å². The number of nitrogens with two attached hydrogens (primary N) is 1. The molecular formula is C9H11N3OS. The van der Waals surface area contributed by atoms with Crippen molar-refractivity contribution in [3.8, 4) is 0 Å². The molecule has 1 aromatic carbocycles. The summed E-state index contributed by atoms with van der Waals surface area (Å²) in [5.41, 5.74) is 6.91. The fraction of sp³-hybridized carbons (Fsp3) is 0.111. The Morgan fingerprint density at radius 2 is 2.21 bits per heavy atom. The van der Waals surface area contributed by atoms with Crippen molar-refractivity contribution in [2.24, 2.45) is 5.73 Å². The first-order valence-electron chi connectivity index (χ1n) is 4.02. The second kappa shape index (κ2) is 4.57. The molecule has 0 radical (unpaired) electrons. The van der Waals surface area contributed by atoms with Crippen molar-refractivity contribution in [1.29, 1.82) is 0 Å². The van der Waals surface area contributed by atoms with Gasteiger partial charge in [0.05, 0.1) is 0 Å². The zero-order valence-corrected chi connectivity index (χ0v) is 8.52. The fourth-order valence-corrected chi connectivity index (χ4v) is 1.09. The molecule has 0 spiro atoms. The van der Waals surface area contributed by atoms with E-state index in [0.29, 0.717) is 5.69 Å². The SMILES string of the molecule is Cc1cccc(NC(=O)NC(N)=S)c1. The minimum Gasteiger partial charge on any atom is -0.376 e. The average Bonchev–Trinajstić information content (AvgIpc) is 2.01. The molecule has 0 bridgehead atoms. The predicted octanol–water partition coefficient (Wildman–Crippen LogP) is 1.36. The van der Waals surface area contributed by atoms with Crippen LogP contribution in [0.25, 0.3) is 0 Å². The largest absolute Gasteiger partial charge is 0.376 e. The van der Waals surface area contributed by atoms with Gasteiger partial charge in [-0.25, -0.2) is 4.79 Å². The number of carbonyl (C=O) groups excluding carboxylic acids is 1. The summed E-state index contributed by atoms with van der Waals surface area (Å²) in [6.07, 6.45) is 0. The molecule has 0 saturated heterocycles. The monoisotopic (exact) mass is 209 g/mol. The van der Waals surface area contributed by atoms with Gasteiger partial charge in [-0.1, -0.05) is 12.1 Å². The molecule has 0 unspecified atom stereocenters. The third-order valence-corrected chi connectivity index (χ3v) is 1.61. The van der Waals surface area contributed by atoms with E-state index in [2.05, 4.69) is 22.9 Å². The van der Waals surface area contributed by atoms with E-state index in [1.165, 1.54) is 0 Å². The van der Waals surface area contributed by atoms with Crippen molar-refractivity contribution in [2.75, 3.05) is 5.32 Å². The van der Waals surface area contributed by atoms with Crippen molar-refractivity contribution in [3.63, 3.8) is 0 Å². The number of nitrogens with one attached hydrogen (secondary N) is 2. The minimum atomic E-state index is -0.428. The van der Waals surface area contributed by atoms with Crippen molar-refractivity contribution in [2.45, 2.75) is 6.92 Å². The molecule has 0 heterocycles. The molecule has 0 fully saturated rings. The summed E-state index contributed by atoms with van der Waals surface area (Å²) < 4.78 is 0. The second-order valence-electron chi connectivity index (χ2n) is 2.81. The van der Waals surface area contributed by atoms with E-state index >= 15 is 0 Å². The third kappa shape index (κ3) is 3.40. The standard InChI is InChI=1S/C9H11N3OS/c1-6-3-2-4-7(5-6)11-9(13)12-8(10)14/h2-5H,1H3,(H4,10,11,12,13,14). The highest BCUT2D eigenvalue weighted by atomic mass is 32.1. The molecule has 5 heteroatoms. The third-order valence-electron chi connectivity index (χ3n) is 1.51. The number of urea groups is 1. The van der Waals surface area contributed by atoms with Crippen LogP contribution in [0.2, 0.25) is 0 Å². The van der Waals surface area contributed by atoms with Crippen LogP contribution in [0.4, 0.5) is 10.5 Å². The summed E-state index contributed by atoms with van der Waals surface area (Å²) in [6, 6.07) is 7.00. The number of hydrogen-bond acceptors (Lipinski definition) is 2. The Morgan fingerprint density at radius 3 is 2.79 bits per heavy atom. The first kappa shape index (κ1) is 10.5. The van der Waals surface area contributed by atoms with Crippen LogP contribution in [0, 0.1) is 6.92 Å². The number of carbonyl (C=O) groups is 1. The van der Waals surface area contributed by atoms with Gasteiger partial charge in [-0.3, -0.25) is 5.32 Å². The van der Waals surface area contributed by atoms with Crippen molar-refractivity contribution in [3.05, 3.63) is 29.8 Å². The average molecular weight is 209 g/mol. The molecule has 0 saturated carbocycles. The van der Waals surface area contributed by atoms with Gasteiger partial charge in [0.15, 0.2) is 5.11 Å². The number of hydrogen-bond donors (Lipinski definition) is 3. The normalized spacial score (nSPS) is 9.21. The Labute approximate surface area is 87.5 Å². The summed E-state index contributed by atoms with van der Waals surface area (Å²) in [6.45, 7) is 1.94. The lowest BCUT2D eigenvalue weighted by atomic mass is 10.2. The Morgan fingerprint density at radius 1 is 1.50 bits per heavy atom. The van der Waals surface area contributed by atoms with Gasteiger partial charge in [0, 0.05) is 5.69 Å². The van der Waals surface area contributed by atoms with Crippen LogP contribution >= 0.6 is 12.2 Å². The topological polar surface area (TPSA) is 67.2 Å². The van der Waals surface area contributed by atoms with E-state index in [0.717, 1.165) is 5.56 Å². The molecule has 0 aliphatic carbocycles. The smallest absolute Gasteiger partial charge is 0.325 e. The van der Waals surface area contributed by atoms with Crippen LogP contribution in [-0.2, 0) is 0 Å². The fourth-order valence-electron chi connectivity index (χ4n) is 0.997. The van der Waals surface area contributed by atoms with Gasteiger partial charge in [-0.05, 0) is 36.8 Å². The summed E-state index contributed by atoms with van der Waals surface area (Å²) in [4.78, 5) is 11.1. The van der Waals surface area contributed by atoms with Crippen molar-refractivity contribution >= 4 is 29.0 Å². The highest BCUT2D eigenvalue weighted by Crippen LogP contribution is 2.08. The molecule has 1 aromatic rings. The molecule has 4 N–H and O–H groups in total. The van der Waals surface area contributed by atoms with Crippen LogP contribution in [0.15, 0.2) is 24.3 Å². The molecule has 1 rings (SSSR count). The van der Waals surface area contributed by atoms with Crippen LogP contribution in [-0.4, -0.2) is 11.1 Å². The van der Waals surface area contributed by atoms with Crippen molar-refractivity contribution < 1.29 is 4.79 Å². The van der Waals surface area contributed by atoms with E-state index in [1.54, 1.807) is 6.07 Å². The Kier molecular flexibility index (Phi) is 3.41. The van der Waals surface area contributed by atoms with Gasteiger partial charge >= 0.3 is 6.03 Å². The zero-order valence-electron chi connectivity index (χ0n) is 7.70. The lowest BCUT2D eigenvalue weighted by molar-refractivity contribution is 0.256. The number of amides is 2. The summed E-state index contributed by atoms with van der Waals surface area (Å²) in [5.74, 6) is 0. The first-order valence-corrected chi connectivity index (χ1v) is 4.43. The quantitative estimate of drug-likeness (QED) is 0.612. The lowest BCUT2D eigenvalue weighted by Crippen LogP contribution is -2.37. The van der Waals surface area contributed by atoms with Gasteiger partial charge in [-0.2, -0.15) is 0 Å². The molecule has 4 nitrogen and oxygen atoms in total. The van der Waals surface area contributed by atoms with Crippen LogP contribution in [0.3, 0.4) is 0 Å². The molecule has 0 atom stereocenters. The Bertz CT molecular complexity index is 365. The van der Waals surface area contributed by atoms with Gasteiger partial charge in [0.1, 0.15) is 0 Å². The number of rotatable bonds is 1. The highest BCUT2D eigenvalue weighted by Gasteiger charge is 2.01. The van der Waals surface area contributed by atoms with Crippen molar-refractivity contribution in [1.82, 2.24) is 5.32 Å². The molecule has 2 amide bonds. The zero-order chi connectivity index (χ0) is 10.6. The van der Waals surface area contributed by atoms with Gasteiger partial charge in [0.2, 0.25) is 0 Å². The van der Waals surface area contributed by atoms with E-state index in [9.17, 15) is 4.79 Å². The number of thiocarbonyl (C=S) groups is 1. The minimum absolute atomic E-state index is 0.0462. The predicted molar refractivity (Wildman–Crippen MR) is 60.1 cm³/mol. The summed E-state index contributed by atoms with van der Waals surface area (Å²) >= 11 is 4.52. The summed E-state index contributed by atoms with van der Waals surface area (Å²) in [5, 5.41) is 4.82. The number of aryl methyl sites for hydroxylation is 1. The molecular weight excluding hydrogens is 198 g/mol. The maximum Gasteiger partial charge on any atom is 0.325 e. The molecule has 0 aliphatic heterocycles. The number of benzene rings is 1. The molecule has 74 valence electrons. The van der Waals surface area contributed by atoms with Gasteiger partial charge in [-0.15, -0.1) is 0 Å². The van der Waals surface area contributed by atoms with E-state index in [1.807, 2.05) is 25.1 Å². The number of anilines is 1. The summed E-state index contributed by atoms with van der Waals surface area (Å²) in [7, 11) is 0.